The first kappa shape index (κ1) is 12.5. The molecule has 0 bridgehead atoms. The zero-order chi connectivity index (χ0) is 14.2. The van der Waals surface area contributed by atoms with Gasteiger partial charge in [-0.25, -0.2) is 0 Å². The summed E-state index contributed by atoms with van der Waals surface area (Å²) in [6.07, 6.45) is 2.21. The Labute approximate surface area is 122 Å². The number of aromatic nitrogens is 2. The molecule has 0 amide bonds. The van der Waals surface area contributed by atoms with Gasteiger partial charge < -0.3 is 15.1 Å². The normalized spacial score (nSPS) is 19.3. The molecule has 3 heterocycles. The summed E-state index contributed by atoms with van der Waals surface area (Å²) in [7, 11) is 0. The van der Waals surface area contributed by atoms with Crippen LogP contribution in [-0.4, -0.2) is 29.3 Å². The number of benzene rings is 1. The van der Waals surface area contributed by atoms with Crippen LogP contribution in [0, 0.1) is 0 Å². The van der Waals surface area contributed by atoms with E-state index in [-0.39, 0.29) is 6.04 Å². The van der Waals surface area contributed by atoms with Crippen molar-refractivity contribution in [2.45, 2.75) is 18.9 Å². The molecular formula is C16H18N4O. The molecule has 0 radical (unpaired) electrons. The second-order valence-corrected chi connectivity index (χ2v) is 5.64. The Morgan fingerprint density at radius 1 is 1.29 bits per heavy atom. The minimum Gasteiger partial charge on any atom is -0.454 e. The molecule has 3 aromatic rings. The van der Waals surface area contributed by atoms with E-state index < -0.39 is 0 Å². The highest BCUT2D eigenvalue weighted by atomic mass is 16.3. The number of anilines is 1. The Balaban J connectivity index is 1.64. The molecular weight excluding hydrogens is 264 g/mol. The van der Waals surface area contributed by atoms with Gasteiger partial charge in [-0.3, -0.25) is 5.10 Å². The fraction of sp³-hybridized carbons (Fsp3) is 0.312. The highest BCUT2D eigenvalue weighted by Crippen LogP contribution is 2.29. The number of piperidine rings is 1. The molecule has 1 aliphatic rings. The van der Waals surface area contributed by atoms with Crippen LogP contribution in [0.2, 0.25) is 0 Å². The van der Waals surface area contributed by atoms with Crippen molar-refractivity contribution in [3.63, 3.8) is 0 Å². The summed E-state index contributed by atoms with van der Waals surface area (Å²) in [5, 5.41) is 8.58. The molecule has 3 N–H and O–H groups in total. The number of nitrogens with two attached hydrogens (primary N) is 1. The lowest BCUT2D eigenvalue weighted by Gasteiger charge is -2.30. The average molecular weight is 282 g/mol. The Bertz CT molecular complexity index is 727. The molecule has 2 aromatic heterocycles. The van der Waals surface area contributed by atoms with Gasteiger partial charge in [0.15, 0.2) is 11.6 Å². The van der Waals surface area contributed by atoms with Gasteiger partial charge >= 0.3 is 0 Å². The van der Waals surface area contributed by atoms with Crippen molar-refractivity contribution in [1.29, 1.82) is 0 Å². The smallest absolute Gasteiger partial charge is 0.153 e. The number of fused-ring (bicyclic) bond motifs is 1. The molecule has 0 aliphatic carbocycles. The number of aromatic amines is 1. The van der Waals surface area contributed by atoms with Crippen LogP contribution in [-0.2, 0) is 0 Å². The number of furan rings is 1. The van der Waals surface area contributed by atoms with E-state index >= 15 is 0 Å². The molecule has 4 rings (SSSR count). The Kier molecular flexibility index (Phi) is 2.93. The number of rotatable bonds is 2. The number of hydrogen-bond donors (Lipinski definition) is 2. The SMILES string of the molecule is NC1CCCN(c2cc(-c3cc4ccccc4o3)[nH]n2)C1. The molecule has 108 valence electrons. The van der Waals surface area contributed by atoms with E-state index in [0.29, 0.717) is 0 Å². The highest BCUT2D eigenvalue weighted by molar-refractivity contribution is 5.82. The molecule has 21 heavy (non-hydrogen) atoms. The topological polar surface area (TPSA) is 71.1 Å². The van der Waals surface area contributed by atoms with Crippen molar-refractivity contribution in [3.05, 3.63) is 36.4 Å². The van der Waals surface area contributed by atoms with Crippen LogP contribution in [0.5, 0.6) is 0 Å². The lowest BCUT2D eigenvalue weighted by molar-refractivity contribution is 0.503. The Morgan fingerprint density at radius 3 is 3.05 bits per heavy atom. The lowest BCUT2D eigenvalue weighted by atomic mass is 10.1. The summed E-state index contributed by atoms with van der Waals surface area (Å²) in [5.41, 5.74) is 7.83. The summed E-state index contributed by atoms with van der Waals surface area (Å²) in [6, 6.07) is 12.3. The van der Waals surface area contributed by atoms with Crippen molar-refractivity contribution in [3.8, 4) is 11.5 Å². The zero-order valence-electron chi connectivity index (χ0n) is 11.7. The fourth-order valence-electron chi connectivity index (χ4n) is 2.93. The van der Waals surface area contributed by atoms with Gasteiger partial charge in [0.25, 0.3) is 0 Å². The maximum absolute atomic E-state index is 6.03. The van der Waals surface area contributed by atoms with Crippen LogP contribution in [0.1, 0.15) is 12.8 Å². The van der Waals surface area contributed by atoms with Gasteiger partial charge in [-0.15, -0.1) is 0 Å². The first-order valence-corrected chi connectivity index (χ1v) is 7.34. The third-order valence-electron chi connectivity index (χ3n) is 4.04. The monoisotopic (exact) mass is 282 g/mol. The van der Waals surface area contributed by atoms with E-state index in [9.17, 15) is 0 Å². The van der Waals surface area contributed by atoms with Gasteiger partial charge in [0, 0.05) is 30.6 Å². The van der Waals surface area contributed by atoms with E-state index in [2.05, 4.69) is 15.1 Å². The molecule has 1 saturated heterocycles. The van der Waals surface area contributed by atoms with Crippen LogP contribution in [0.3, 0.4) is 0 Å². The minimum absolute atomic E-state index is 0.241. The molecule has 1 fully saturated rings. The van der Waals surface area contributed by atoms with E-state index in [4.69, 9.17) is 10.2 Å². The second kappa shape index (κ2) is 4.93. The van der Waals surface area contributed by atoms with Crippen molar-refractivity contribution >= 4 is 16.8 Å². The summed E-state index contributed by atoms with van der Waals surface area (Å²) in [5.74, 6) is 1.76. The quantitative estimate of drug-likeness (QED) is 0.758. The molecule has 0 saturated carbocycles. The number of H-pyrrole nitrogens is 1. The number of hydrogen-bond acceptors (Lipinski definition) is 4. The average Bonchev–Trinajstić information content (AvgIpc) is 3.14. The van der Waals surface area contributed by atoms with Gasteiger partial charge in [-0.2, -0.15) is 5.10 Å². The summed E-state index contributed by atoms with van der Waals surface area (Å²) >= 11 is 0. The molecule has 5 nitrogen and oxygen atoms in total. The van der Waals surface area contributed by atoms with Crippen molar-refractivity contribution in [1.82, 2.24) is 10.2 Å². The predicted molar refractivity (Wildman–Crippen MR) is 83.2 cm³/mol. The van der Waals surface area contributed by atoms with Gasteiger partial charge in [0.1, 0.15) is 11.3 Å². The highest BCUT2D eigenvalue weighted by Gasteiger charge is 2.19. The van der Waals surface area contributed by atoms with Crippen LogP contribution in [0.25, 0.3) is 22.4 Å². The Morgan fingerprint density at radius 2 is 2.19 bits per heavy atom. The number of para-hydroxylation sites is 1. The number of nitrogens with one attached hydrogen (secondary N) is 1. The minimum atomic E-state index is 0.241. The first-order valence-electron chi connectivity index (χ1n) is 7.34. The third-order valence-corrected chi connectivity index (χ3v) is 4.04. The van der Waals surface area contributed by atoms with Crippen LogP contribution in [0.15, 0.2) is 40.8 Å². The van der Waals surface area contributed by atoms with Crippen molar-refractivity contribution in [2.24, 2.45) is 5.73 Å². The fourth-order valence-corrected chi connectivity index (χ4v) is 2.93. The maximum atomic E-state index is 6.03. The van der Waals surface area contributed by atoms with E-state index in [1.807, 2.05) is 36.4 Å². The lowest BCUT2D eigenvalue weighted by Crippen LogP contribution is -2.43. The van der Waals surface area contributed by atoms with Gasteiger partial charge in [-0.05, 0) is 25.0 Å². The van der Waals surface area contributed by atoms with E-state index in [1.165, 1.54) is 0 Å². The maximum Gasteiger partial charge on any atom is 0.153 e. The third kappa shape index (κ3) is 2.29. The van der Waals surface area contributed by atoms with Crippen LogP contribution in [0.4, 0.5) is 5.82 Å². The molecule has 1 aromatic carbocycles. The number of nitrogens with zero attached hydrogens (tertiary/aromatic N) is 2. The van der Waals surface area contributed by atoms with Gasteiger partial charge in [0.05, 0.1) is 0 Å². The van der Waals surface area contributed by atoms with Crippen molar-refractivity contribution < 1.29 is 4.42 Å². The zero-order valence-corrected chi connectivity index (χ0v) is 11.7. The largest absolute Gasteiger partial charge is 0.454 e. The molecule has 1 atom stereocenters. The summed E-state index contributed by atoms with van der Waals surface area (Å²) < 4.78 is 5.86. The Hall–Kier alpha value is -2.27. The second-order valence-electron chi connectivity index (χ2n) is 5.64. The molecule has 1 aliphatic heterocycles. The van der Waals surface area contributed by atoms with Gasteiger partial charge in [-0.1, -0.05) is 18.2 Å². The van der Waals surface area contributed by atoms with E-state index in [0.717, 1.165) is 54.2 Å². The van der Waals surface area contributed by atoms with Crippen LogP contribution >= 0.6 is 0 Å². The van der Waals surface area contributed by atoms with Crippen LogP contribution < -0.4 is 10.6 Å². The van der Waals surface area contributed by atoms with Gasteiger partial charge in [0.2, 0.25) is 0 Å². The first-order chi connectivity index (χ1) is 10.3. The molecule has 1 unspecified atom stereocenters. The summed E-state index contributed by atoms with van der Waals surface area (Å²) in [6.45, 7) is 1.88. The summed E-state index contributed by atoms with van der Waals surface area (Å²) in [4.78, 5) is 2.23. The van der Waals surface area contributed by atoms with Crippen molar-refractivity contribution in [2.75, 3.05) is 18.0 Å². The molecule has 5 heteroatoms. The van der Waals surface area contributed by atoms with E-state index in [1.54, 1.807) is 0 Å². The predicted octanol–water partition coefficient (Wildman–Crippen LogP) is 2.75. The molecule has 0 spiro atoms. The standard InChI is InChI=1S/C16H18N4O/c17-12-5-3-7-20(10-12)16-9-13(18-19-16)15-8-11-4-1-2-6-14(11)21-15/h1-2,4,6,8-9,12H,3,5,7,10,17H2,(H,18,19).